The van der Waals surface area contributed by atoms with Gasteiger partial charge in [-0.05, 0) is 81.8 Å². The van der Waals surface area contributed by atoms with E-state index >= 15 is 0 Å². The third-order valence-corrected chi connectivity index (χ3v) is 10.3. The third-order valence-electron chi connectivity index (χ3n) is 10.3. The Morgan fingerprint density at radius 2 is 1.58 bits per heavy atom. The summed E-state index contributed by atoms with van der Waals surface area (Å²) in [7, 11) is 1.82. The Bertz CT molecular complexity index is 1700. The molecule has 0 spiro atoms. The number of nitrogens with zero attached hydrogens (tertiary/aromatic N) is 1. The fourth-order valence-electron chi connectivity index (χ4n) is 6.57. The number of nitrogens with one attached hydrogen (secondary N) is 2. The Labute approximate surface area is 356 Å². The van der Waals surface area contributed by atoms with E-state index in [0.29, 0.717) is 35.6 Å². The minimum absolute atomic E-state index is 0.0845. The number of carbonyl (C=O) groups is 2. The van der Waals surface area contributed by atoms with E-state index in [1.807, 2.05) is 51.3 Å². The van der Waals surface area contributed by atoms with Gasteiger partial charge in [0.15, 0.2) is 18.4 Å². The zero-order valence-corrected chi connectivity index (χ0v) is 36.2. The van der Waals surface area contributed by atoms with Crippen molar-refractivity contribution in [1.29, 1.82) is 5.41 Å². The fraction of sp³-hybridized carbons (Fsp3) is 0.511. The van der Waals surface area contributed by atoms with E-state index in [4.69, 9.17) is 20.6 Å². The highest BCUT2D eigenvalue weighted by Crippen LogP contribution is 2.29. The van der Waals surface area contributed by atoms with Crippen molar-refractivity contribution >= 4 is 17.8 Å². The van der Waals surface area contributed by atoms with Gasteiger partial charge < -0.3 is 51.0 Å². The SMILES string of the molecule is C=C1CCC(O)=C1NC(=O)/C(C)=C/C=C/C=C/C=C/C=C/C(C)C(OC1OC(C(=O)O)C(O)C(O)C1O)/C(C)=C/C(C)CCC/C=C/C(C)C/C=C/CCCN(C)C(=N)N. The number of unbranched alkanes of at least 4 members (excludes halogenated alkanes) is 2. The summed E-state index contributed by atoms with van der Waals surface area (Å²) in [4.78, 5) is 25.9. The number of aliphatic hydroxyl groups excluding tert-OH is 4. The predicted molar refractivity (Wildman–Crippen MR) is 237 cm³/mol. The summed E-state index contributed by atoms with van der Waals surface area (Å²) in [6.45, 7) is 14.5. The highest BCUT2D eigenvalue weighted by Gasteiger charge is 2.48. The van der Waals surface area contributed by atoms with Crippen molar-refractivity contribution in [2.24, 2.45) is 23.5 Å². The highest BCUT2D eigenvalue weighted by molar-refractivity contribution is 5.94. The van der Waals surface area contributed by atoms with Crippen LogP contribution < -0.4 is 11.1 Å². The average molecular weight is 835 g/mol. The molecule has 0 bridgehead atoms. The van der Waals surface area contributed by atoms with Crippen LogP contribution in [0.25, 0.3) is 0 Å². The first-order chi connectivity index (χ1) is 28.4. The van der Waals surface area contributed by atoms with E-state index < -0.39 is 42.8 Å². The molecule has 1 heterocycles. The monoisotopic (exact) mass is 835 g/mol. The molecule has 1 aliphatic heterocycles. The molecule has 1 aliphatic carbocycles. The van der Waals surface area contributed by atoms with Gasteiger partial charge in [-0.25, -0.2) is 4.79 Å². The molecule has 0 aromatic carbocycles. The van der Waals surface area contributed by atoms with Crippen LogP contribution in [-0.4, -0.2) is 98.7 Å². The minimum atomic E-state index is -1.82. The summed E-state index contributed by atoms with van der Waals surface area (Å²) < 4.78 is 11.7. The van der Waals surface area contributed by atoms with E-state index in [1.54, 1.807) is 36.1 Å². The number of amides is 1. The third kappa shape index (κ3) is 18.2. The number of nitrogens with two attached hydrogens (primary N) is 1. The number of rotatable bonds is 24. The van der Waals surface area contributed by atoms with Gasteiger partial charge in [0.2, 0.25) is 0 Å². The van der Waals surface area contributed by atoms with E-state index in [-0.39, 0.29) is 29.5 Å². The van der Waals surface area contributed by atoms with E-state index in [0.717, 1.165) is 50.6 Å². The van der Waals surface area contributed by atoms with Crippen LogP contribution in [0.15, 0.2) is 120 Å². The van der Waals surface area contributed by atoms with Gasteiger partial charge in [0.25, 0.3) is 5.91 Å². The number of allylic oxidation sites excluding steroid dienone is 15. The molecule has 1 fully saturated rings. The molecule has 1 saturated heterocycles. The second-order valence-electron chi connectivity index (χ2n) is 15.8. The van der Waals surface area contributed by atoms with Crippen LogP contribution in [-0.2, 0) is 19.1 Å². The van der Waals surface area contributed by atoms with Crippen LogP contribution in [0.4, 0.5) is 0 Å². The largest absolute Gasteiger partial charge is 0.510 e. The molecule has 0 saturated carbocycles. The molecule has 332 valence electrons. The van der Waals surface area contributed by atoms with Crippen molar-refractivity contribution in [3.05, 3.63) is 120 Å². The Balaban J connectivity index is 2.01. The van der Waals surface area contributed by atoms with Gasteiger partial charge in [0.05, 0.1) is 11.8 Å². The summed E-state index contributed by atoms with van der Waals surface area (Å²) >= 11 is 0. The molecule has 9 atom stereocenters. The molecular formula is C47H70N4O9. The number of aliphatic hydroxyl groups is 4. The smallest absolute Gasteiger partial charge is 0.335 e. The number of carboxylic acid groups (broad SMARTS) is 1. The summed E-state index contributed by atoms with van der Waals surface area (Å²) in [5, 5.41) is 61.0. The van der Waals surface area contributed by atoms with Gasteiger partial charge in [-0.2, -0.15) is 0 Å². The van der Waals surface area contributed by atoms with Crippen LogP contribution in [0.1, 0.15) is 86.0 Å². The summed E-state index contributed by atoms with van der Waals surface area (Å²) in [6.07, 6.45) is 24.8. The molecule has 9 unspecified atom stereocenters. The van der Waals surface area contributed by atoms with Crippen LogP contribution in [0.2, 0.25) is 0 Å². The summed E-state index contributed by atoms with van der Waals surface area (Å²) in [6, 6.07) is 0. The summed E-state index contributed by atoms with van der Waals surface area (Å²) in [5.41, 5.74) is 7.90. The number of aliphatic carboxylic acids is 1. The van der Waals surface area contributed by atoms with E-state index in [9.17, 15) is 35.1 Å². The predicted octanol–water partition coefficient (Wildman–Crippen LogP) is 6.80. The van der Waals surface area contributed by atoms with Gasteiger partial charge in [0.1, 0.15) is 24.1 Å². The molecule has 60 heavy (non-hydrogen) atoms. The molecule has 0 aromatic heterocycles. The Morgan fingerprint density at radius 3 is 2.22 bits per heavy atom. The fourth-order valence-corrected chi connectivity index (χ4v) is 6.57. The normalized spacial score (nSPS) is 24.1. The molecule has 13 nitrogen and oxygen atoms in total. The van der Waals surface area contributed by atoms with Gasteiger partial charge in [-0.15, -0.1) is 0 Å². The van der Waals surface area contributed by atoms with Gasteiger partial charge in [-0.1, -0.05) is 112 Å². The van der Waals surface area contributed by atoms with Crippen molar-refractivity contribution in [3.8, 4) is 0 Å². The summed E-state index contributed by atoms with van der Waals surface area (Å²) in [5.74, 6) is -1.23. The topological polar surface area (TPSA) is 219 Å². The number of hydrogen-bond donors (Lipinski definition) is 8. The zero-order chi connectivity index (χ0) is 44.8. The average Bonchev–Trinajstić information content (AvgIpc) is 3.51. The molecule has 2 rings (SSSR count). The second-order valence-corrected chi connectivity index (χ2v) is 15.8. The Hall–Kier alpha value is -4.79. The molecule has 2 aliphatic rings. The van der Waals surface area contributed by atoms with Gasteiger partial charge in [-0.3, -0.25) is 10.2 Å². The first-order valence-electron chi connectivity index (χ1n) is 20.8. The Morgan fingerprint density at radius 1 is 0.933 bits per heavy atom. The first kappa shape index (κ1) is 51.4. The molecular weight excluding hydrogens is 765 g/mol. The molecule has 0 aromatic rings. The van der Waals surface area contributed by atoms with E-state index in [2.05, 4.69) is 56.1 Å². The van der Waals surface area contributed by atoms with E-state index in [1.165, 1.54) is 0 Å². The van der Waals surface area contributed by atoms with Gasteiger partial charge in [0, 0.05) is 31.5 Å². The second kappa shape index (κ2) is 27.1. The van der Waals surface area contributed by atoms with Crippen molar-refractivity contribution in [2.45, 2.75) is 123 Å². The maximum atomic E-state index is 12.4. The van der Waals surface area contributed by atoms with Crippen molar-refractivity contribution in [2.75, 3.05) is 13.6 Å². The minimum Gasteiger partial charge on any atom is -0.510 e. The zero-order valence-electron chi connectivity index (χ0n) is 36.2. The standard InChI is InChI=1S/C47H70N4O9/c1-31(22-16-13-14-21-29-51(7)47(48)49)23-17-15-18-24-32(2)30-36(6)42(59-46-41(55)39(53)40(54)43(60-46)45(57)58)34(4)25-19-11-9-8-10-12-20-26-35(5)44(56)50-38-33(3)27-28-37(38)52/h8-13,16-17,19-20,23,25-26,30-32,34,39-43,46,52-55H,3,14-15,18,21-22,24,27-29H2,1-2,4-7H3,(H3,48,49)(H,50,56)(H,57,58)/b10-8+,11-9+,16-13+,20-12+,23-17+,25-19+,35-26+,36-30+. The van der Waals surface area contributed by atoms with Crippen molar-refractivity contribution in [1.82, 2.24) is 10.2 Å². The van der Waals surface area contributed by atoms with Crippen LogP contribution in [0.3, 0.4) is 0 Å². The van der Waals surface area contributed by atoms with Crippen LogP contribution in [0, 0.1) is 23.2 Å². The highest BCUT2D eigenvalue weighted by atomic mass is 16.7. The molecule has 0 radical (unpaired) electrons. The molecule has 9 N–H and O–H groups in total. The lowest BCUT2D eigenvalue weighted by Crippen LogP contribution is -2.61. The number of carboxylic acids is 1. The van der Waals surface area contributed by atoms with Crippen molar-refractivity contribution in [3.63, 3.8) is 0 Å². The number of carbonyl (C=O) groups excluding carboxylic acids is 1. The van der Waals surface area contributed by atoms with Crippen molar-refractivity contribution < 1.29 is 44.6 Å². The Kier molecular flexibility index (Phi) is 23.2. The number of ether oxygens (including phenoxy) is 2. The quantitative estimate of drug-likeness (QED) is 0.0126. The first-order valence-corrected chi connectivity index (χ1v) is 20.8. The lowest BCUT2D eigenvalue weighted by molar-refractivity contribution is -0.303. The number of guanidine groups is 1. The molecule has 13 heteroatoms. The lowest BCUT2D eigenvalue weighted by Gasteiger charge is -2.40. The number of hydrogen-bond acceptors (Lipinski definition) is 9. The van der Waals surface area contributed by atoms with Gasteiger partial charge >= 0.3 is 5.97 Å². The lowest BCUT2D eigenvalue weighted by atomic mass is 9.92. The molecule has 1 amide bonds. The van der Waals surface area contributed by atoms with Crippen LogP contribution in [0.5, 0.6) is 0 Å². The maximum Gasteiger partial charge on any atom is 0.335 e. The maximum absolute atomic E-state index is 12.4. The van der Waals surface area contributed by atoms with Crippen LogP contribution >= 0.6 is 0 Å².